The molecule has 106 valence electrons. The zero-order valence-corrected chi connectivity index (χ0v) is 13.4. The predicted octanol–water partition coefficient (Wildman–Crippen LogP) is 4.84. The van der Waals surface area contributed by atoms with Crippen molar-refractivity contribution in [2.24, 2.45) is 5.73 Å². The van der Waals surface area contributed by atoms with E-state index in [-0.39, 0.29) is 5.82 Å². The highest BCUT2D eigenvalue weighted by Gasteiger charge is 2.13. The van der Waals surface area contributed by atoms with E-state index in [1.165, 1.54) is 17.4 Å². The molecule has 2 N–H and O–H groups in total. The number of hydrogen-bond donors (Lipinski definition) is 1. The van der Waals surface area contributed by atoms with Gasteiger partial charge in [0.05, 0.1) is 11.3 Å². The summed E-state index contributed by atoms with van der Waals surface area (Å²) < 4.78 is 14.7. The fourth-order valence-electron chi connectivity index (χ4n) is 2.03. The van der Waals surface area contributed by atoms with Crippen LogP contribution < -0.4 is 5.73 Å². The minimum Gasteiger partial charge on any atom is -0.326 e. The number of rotatable bonds is 3. The minimum atomic E-state index is -0.274. The summed E-state index contributed by atoms with van der Waals surface area (Å²) >= 11 is 4.81. The van der Waals surface area contributed by atoms with Crippen LogP contribution in [0.1, 0.15) is 5.56 Å². The van der Waals surface area contributed by atoms with Crippen LogP contribution in [0.15, 0.2) is 52.3 Å². The van der Waals surface area contributed by atoms with E-state index in [1.807, 2.05) is 35.7 Å². The van der Waals surface area contributed by atoms with E-state index in [4.69, 9.17) is 5.73 Å². The second-order valence-electron chi connectivity index (χ2n) is 4.54. The summed E-state index contributed by atoms with van der Waals surface area (Å²) in [6.45, 7) is 0.519. The molecule has 0 unspecified atom stereocenters. The summed E-state index contributed by atoms with van der Waals surface area (Å²) in [4.78, 5) is 4.55. The van der Waals surface area contributed by atoms with Crippen LogP contribution in [-0.2, 0) is 6.54 Å². The Kier molecular flexibility index (Phi) is 4.14. The Morgan fingerprint density at radius 2 is 1.90 bits per heavy atom. The molecule has 3 rings (SSSR count). The third-order valence-corrected chi connectivity index (χ3v) is 4.69. The first-order valence-electron chi connectivity index (χ1n) is 6.38. The van der Waals surface area contributed by atoms with E-state index in [0.717, 1.165) is 16.8 Å². The minimum absolute atomic E-state index is 0.274. The van der Waals surface area contributed by atoms with Gasteiger partial charge >= 0.3 is 0 Å². The number of nitrogens with zero attached hydrogens (tertiary/aromatic N) is 1. The van der Waals surface area contributed by atoms with Crippen molar-refractivity contribution in [3.05, 3.63) is 63.7 Å². The summed E-state index contributed by atoms with van der Waals surface area (Å²) in [7, 11) is 0. The SMILES string of the molecule is NCc1ccc(-c2csc(-c3c(F)cccc3Br)n2)cc1. The molecule has 0 aliphatic carbocycles. The van der Waals surface area contributed by atoms with Gasteiger partial charge < -0.3 is 5.73 Å². The molecular formula is C16H12BrFN2S. The fraction of sp³-hybridized carbons (Fsp3) is 0.0625. The van der Waals surface area contributed by atoms with E-state index >= 15 is 0 Å². The highest BCUT2D eigenvalue weighted by molar-refractivity contribution is 9.10. The van der Waals surface area contributed by atoms with Gasteiger partial charge in [0.25, 0.3) is 0 Å². The van der Waals surface area contributed by atoms with Gasteiger partial charge in [0.15, 0.2) is 0 Å². The Morgan fingerprint density at radius 1 is 1.14 bits per heavy atom. The van der Waals surface area contributed by atoms with Crippen LogP contribution in [0.3, 0.4) is 0 Å². The number of nitrogens with two attached hydrogens (primary N) is 1. The first-order chi connectivity index (χ1) is 10.2. The molecule has 0 radical (unpaired) electrons. The highest BCUT2D eigenvalue weighted by atomic mass is 79.9. The second-order valence-corrected chi connectivity index (χ2v) is 6.25. The molecule has 1 aromatic heterocycles. The number of aromatic nitrogens is 1. The number of thiazole rings is 1. The molecule has 0 saturated heterocycles. The van der Waals surface area contributed by atoms with Gasteiger partial charge in [-0.25, -0.2) is 9.37 Å². The zero-order valence-electron chi connectivity index (χ0n) is 11.0. The quantitative estimate of drug-likeness (QED) is 0.723. The molecule has 2 aromatic carbocycles. The van der Waals surface area contributed by atoms with Gasteiger partial charge in [0.1, 0.15) is 10.8 Å². The Hall–Kier alpha value is -1.56. The molecule has 0 atom stereocenters. The lowest BCUT2D eigenvalue weighted by Gasteiger charge is -2.02. The van der Waals surface area contributed by atoms with Crippen molar-refractivity contribution in [2.45, 2.75) is 6.54 Å². The monoisotopic (exact) mass is 362 g/mol. The molecule has 0 saturated carbocycles. The number of halogens is 2. The Bertz CT molecular complexity index is 748. The lowest BCUT2D eigenvalue weighted by atomic mass is 10.1. The predicted molar refractivity (Wildman–Crippen MR) is 88.5 cm³/mol. The second kappa shape index (κ2) is 6.05. The third-order valence-electron chi connectivity index (χ3n) is 3.17. The number of benzene rings is 2. The molecule has 0 aliphatic rings. The first kappa shape index (κ1) is 14.4. The fourth-order valence-corrected chi connectivity index (χ4v) is 3.58. The first-order valence-corrected chi connectivity index (χ1v) is 8.05. The standard InChI is InChI=1S/C16H12BrFN2S/c17-12-2-1-3-13(18)15(12)16-20-14(9-21-16)11-6-4-10(8-19)5-7-11/h1-7,9H,8,19H2. The van der Waals surface area contributed by atoms with Gasteiger partial charge in [-0.05, 0) is 33.6 Å². The summed E-state index contributed by atoms with van der Waals surface area (Å²) in [5.41, 5.74) is 9.02. The highest BCUT2D eigenvalue weighted by Crippen LogP contribution is 2.35. The van der Waals surface area contributed by atoms with E-state index in [2.05, 4.69) is 20.9 Å². The van der Waals surface area contributed by atoms with Gasteiger partial charge in [-0.15, -0.1) is 11.3 Å². The molecule has 0 amide bonds. The van der Waals surface area contributed by atoms with Crippen LogP contribution in [0.4, 0.5) is 4.39 Å². The molecule has 21 heavy (non-hydrogen) atoms. The maximum atomic E-state index is 14.0. The van der Waals surface area contributed by atoms with Crippen molar-refractivity contribution in [1.29, 1.82) is 0 Å². The van der Waals surface area contributed by atoms with Gasteiger partial charge in [-0.1, -0.05) is 30.3 Å². The molecule has 0 aliphatic heterocycles. The largest absolute Gasteiger partial charge is 0.326 e. The maximum Gasteiger partial charge on any atom is 0.134 e. The summed E-state index contributed by atoms with van der Waals surface area (Å²) in [6.07, 6.45) is 0. The Labute approximate surface area is 134 Å². The molecule has 0 fully saturated rings. The van der Waals surface area contributed by atoms with Crippen molar-refractivity contribution in [1.82, 2.24) is 4.98 Å². The molecule has 3 aromatic rings. The zero-order chi connectivity index (χ0) is 14.8. The van der Waals surface area contributed by atoms with Crippen LogP contribution in [0.25, 0.3) is 21.8 Å². The van der Waals surface area contributed by atoms with Crippen LogP contribution >= 0.6 is 27.3 Å². The van der Waals surface area contributed by atoms with Gasteiger partial charge in [0, 0.05) is 22.0 Å². The normalized spacial score (nSPS) is 10.8. The lowest BCUT2D eigenvalue weighted by molar-refractivity contribution is 0.630. The van der Waals surface area contributed by atoms with Gasteiger partial charge in [-0.3, -0.25) is 0 Å². The molecule has 0 bridgehead atoms. The van der Waals surface area contributed by atoms with Crippen molar-refractivity contribution in [3.8, 4) is 21.8 Å². The van der Waals surface area contributed by atoms with Crippen molar-refractivity contribution < 1.29 is 4.39 Å². The smallest absolute Gasteiger partial charge is 0.134 e. The van der Waals surface area contributed by atoms with Crippen LogP contribution in [0, 0.1) is 5.82 Å². The van der Waals surface area contributed by atoms with Crippen molar-refractivity contribution >= 4 is 27.3 Å². The van der Waals surface area contributed by atoms with E-state index in [1.54, 1.807) is 6.07 Å². The van der Waals surface area contributed by atoms with Crippen molar-refractivity contribution in [3.63, 3.8) is 0 Å². The van der Waals surface area contributed by atoms with Crippen LogP contribution in [0.2, 0.25) is 0 Å². The molecule has 2 nitrogen and oxygen atoms in total. The molecular weight excluding hydrogens is 351 g/mol. The number of hydrogen-bond acceptors (Lipinski definition) is 3. The lowest BCUT2D eigenvalue weighted by Crippen LogP contribution is -1.95. The Balaban J connectivity index is 1.99. The Morgan fingerprint density at radius 3 is 2.57 bits per heavy atom. The molecule has 5 heteroatoms. The average Bonchev–Trinajstić information content (AvgIpc) is 2.97. The molecule has 1 heterocycles. The summed E-state index contributed by atoms with van der Waals surface area (Å²) in [5, 5.41) is 2.60. The maximum absolute atomic E-state index is 14.0. The van der Waals surface area contributed by atoms with Gasteiger partial charge in [-0.2, -0.15) is 0 Å². The van der Waals surface area contributed by atoms with Crippen LogP contribution in [-0.4, -0.2) is 4.98 Å². The molecule has 0 spiro atoms. The third kappa shape index (κ3) is 2.90. The average molecular weight is 363 g/mol. The van der Waals surface area contributed by atoms with Crippen molar-refractivity contribution in [2.75, 3.05) is 0 Å². The summed E-state index contributed by atoms with van der Waals surface area (Å²) in [6, 6.07) is 12.9. The van der Waals surface area contributed by atoms with E-state index in [0.29, 0.717) is 21.6 Å². The topological polar surface area (TPSA) is 38.9 Å². The van der Waals surface area contributed by atoms with E-state index in [9.17, 15) is 4.39 Å². The van der Waals surface area contributed by atoms with Crippen LogP contribution in [0.5, 0.6) is 0 Å². The van der Waals surface area contributed by atoms with E-state index < -0.39 is 0 Å². The van der Waals surface area contributed by atoms with Gasteiger partial charge in [0.2, 0.25) is 0 Å². The summed E-state index contributed by atoms with van der Waals surface area (Å²) in [5.74, 6) is -0.274.